The van der Waals surface area contributed by atoms with E-state index in [4.69, 9.17) is 0 Å². The molecule has 1 aromatic carbocycles. The van der Waals surface area contributed by atoms with Crippen molar-refractivity contribution in [1.29, 1.82) is 0 Å². The minimum atomic E-state index is -0.00963. The third-order valence-electron chi connectivity index (χ3n) is 2.28. The van der Waals surface area contributed by atoms with Gasteiger partial charge in [0.2, 0.25) is 4.69 Å². The third kappa shape index (κ3) is 3.26. The predicted octanol–water partition coefficient (Wildman–Crippen LogP) is 3.95. The molecule has 0 aromatic heterocycles. The zero-order valence-electron chi connectivity index (χ0n) is 8.42. The van der Waals surface area contributed by atoms with E-state index in [0.29, 0.717) is 0 Å². The molecule has 0 aliphatic rings. The van der Waals surface area contributed by atoms with E-state index in [0.717, 1.165) is 24.0 Å². The first-order chi connectivity index (χ1) is 6.75. The van der Waals surface area contributed by atoms with Crippen LogP contribution in [0.3, 0.4) is 0 Å². The van der Waals surface area contributed by atoms with E-state index in [1.54, 1.807) is 0 Å². The van der Waals surface area contributed by atoms with Crippen LogP contribution in [-0.2, 0) is 6.42 Å². The lowest BCUT2D eigenvalue weighted by molar-refractivity contribution is 0.109. The molecule has 0 aliphatic carbocycles. The Hall–Kier alpha value is -0.630. The van der Waals surface area contributed by atoms with Crippen LogP contribution in [-0.4, -0.2) is 4.69 Å². The quantitative estimate of drug-likeness (QED) is 0.575. The Morgan fingerprint density at radius 3 is 2.64 bits per heavy atom. The second kappa shape index (κ2) is 5.97. The molecule has 76 valence electrons. The molecule has 0 saturated heterocycles. The maximum atomic E-state index is 11.2. The normalized spacial score (nSPS) is 10.1. The van der Waals surface area contributed by atoms with Crippen molar-refractivity contribution in [2.45, 2.75) is 32.6 Å². The van der Waals surface area contributed by atoms with Crippen LogP contribution in [0.25, 0.3) is 0 Å². The van der Waals surface area contributed by atoms with E-state index >= 15 is 0 Å². The molecule has 0 atom stereocenters. The number of benzene rings is 1. The average Bonchev–Trinajstić information content (AvgIpc) is 2.19. The van der Waals surface area contributed by atoms with Gasteiger partial charge < -0.3 is 0 Å². The highest BCUT2D eigenvalue weighted by Crippen LogP contribution is 2.15. The lowest BCUT2D eigenvalue weighted by Gasteiger charge is -2.04. The van der Waals surface area contributed by atoms with Crippen LogP contribution in [0.1, 0.15) is 42.1 Å². The molecule has 0 heterocycles. The largest absolute Gasteiger partial charge is 0.281 e. The number of hydrogen-bond acceptors (Lipinski definition) is 1. The zero-order valence-corrected chi connectivity index (χ0v) is 10.0. The van der Waals surface area contributed by atoms with Crippen LogP contribution >= 0.6 is 15.9 Å². The van der Waals surface area contributed by atoms with Gasteiger partial charge in [0.15, 0.2) is 0 Å². The van der Waals surface area contributed by atoms with Crippen LogP contribution in [0.15, 0.2) is 24.3 Å². The second-order valence-corrected chi connectivity index (χ2v) is 4.11. The highest BCUT2D eigenvalue weighted by atomic mass is 79.9. The highest BCUT2D eigenvalue weighted by molar-refractivity contribution is 9.18. The number of halogens is 1. The van der Waals surface area contributed by atoms with Crippen LogP contribution in [0.4, 0.5) is 0 Å². The third-order valence-corrected chi connectivity index (χ3v) is 2.71. The molecule has 0 saturated carbocycles. The molecule has 14 heavy (non-hydrogen) atoms. The minimum Gasteiger partial charge on any atom is -0.281 e. The van der Waals surface area contributed by atoms with Crippen molar-refractivity contribution in [2.75, 3.05) is 0 Å². The van der Waals surface area contributed by atoms with Crippen molar-refractivity contribution >= 4 is 20.6 Å². The molecule has 0 N–H and O–H groups in total. The maximum absolute atomic E-state index is 11.2. The molecule has 0 unspecified atom stereocenters. The van der Waals surface area contributed by atoms with Crippen molar-refractivity contribution in [3.05, 3.63) is 35.4 Å². The first-order valence-electron chi connectivity index (χ1n) is 5.03. The summed E-state index contributed by atoms with van der Waals surface area (Å²) in [5, 5.41) is 0. The Kier molecular flexibility index (Phi) is 4.88. The first kappa shape index (κ1) is 11.4. The fourth-order valence-corrected chi connectivity index (χ4v) is 1.88. The van der Waals surface area contributed by atoms with E-state index in [1.165, 1.54) is 12.8 Å². The summed E-state index contributed by atoms with van der Waals surface area (Å²) in [7, 11) is 0. The molecule has 0 amide bonds. The summed E-state index contributed by atoms with van der Waals surface area (Å²) in [5.74, 6) is 0. The Balaban J connectivity index is 2.69. The van der Waals surface area contributed by atoms with E-state index in [2.05, 4.69) is 22.9 Å². The Morgan fingerprint density at radius 1 is 1.29 bits per heavy atom. The van der Waals surface area contributed by atoms with Gasteiger partial charge in [-0.25, -0.2) is 0 Å². The molecule has 0 radical (unpaired) electrons. The molecular weight excluding hydrogens is 240 g/mol. The maximum Gasteiger partial charge on any atom is 0.228 e. The number of carbonyl (C=O) groups excluding carboxylic acids is 1. The summed E-state index contributed by atoms with van der Waals surface area (Å²) in [4.78, 5) is 11.2. The van der Waals surface area contributed by atoms with Gasteiger partial charge in [-0.1, -0.05) is 44.0 Å². The van der Waals surface area contributed by atoms with Gasteiger partial charge in [0, 0.05) is 5.56 Å². The standard InChI is InChI=1S/C12H15BrO/c1-2-3-4-7-10-8-5-6-9-11(10)12(13)14/h5-6,8-9H,2-4,7H2,1H3. The monoisotopic (exact) mass is 254 g/mol. The van der Waals surface area contributed by atoms with Gasteiger partial charge in [0.05, 0.1) is 0 Å². The fourth-order valence-electron chi connectivity index (χ4n) is 1.50. The smallest absolute Gasteiger partial charge is 0.228 e. The molecule has 2 heteroatoms. The van der Waals surface area contributed by atoms with Gasteiger partial charge in [0.25, 0.3) is 0 Å². The molecule has 0 bridgehead atoms. The summed E-state index contributed by atoms with van der Waals surface area (Å²) < 4.78 is -0.00963. The van der Waals surface area contributed by atoms with Crippen LogP contribution in [0.5, 0.6) is 0 Å². The fraction of sp³-hybridized carbons (Fsp3) is 0.417. The highest BCUT2D eigenvalue weighted by Gasteiger charge is 2.06. The van der Waals surface area contributed by atoms with Crippen molar-refractivity contribution < 1.29 is 4.79 Å². The van der Waals surface area contributed by atoms with Crippen LogP contribution in [0.2, 0.25) is 0 Å². The van der Waals surface area contributed by atoms with E-state index in [1.807, 2.05) is 24.3 Å². The summed E-state index contributed by atoms with van der Waals surface area (Å²) in [6.45, 7) is 2.18. The number of hydrogen-bond donors (Lipinski definition) is 0. The van der Waals surface area contributed by atoms with Crippen LogP contribution in [0, 0.1) is 0 Å². The van der Waals surface area contributed by atoms with Gasteiger partial charge in [-0.05, 0) is 34.3 Å². The number of rotatable bonds is 5. The first-order valence-corrected chi connectivity index (χ1v) is 5.82. The molecule has 0 spiro atoms. The van der Waals surface area contributed by atoms with Gasteiger partial charge in [0.1, 0.15) is 0 Å². The zero-order chi connectivity index (χ0) is 10.4. The summed E-state index contributed by atoms with van der Waals surface area (Å²) in [5.41, 5.74) is 1.96. The SMILES string of the molecule is CCCCCc1ccccc1C(=O)Br. The van der Waals surface area contributed by atoms with Crippen LogP contribution < -0.4 is 0 Å². The Labute approximate surface area is 93.7 Å². The molecule has 1 nitrogen and oxygen atoms in total. The molecule has 0 fully saturated rings. The molecule has 1 aromatic rings. The average molecular weight is 255 g/mol. The predicted molar refractivity (Wildman–Crippen MR) is 62.9 cm³/mol. The Morgan fingerprint density at radius 2 is 2.00 bits per heavy atom. The van der Waals surface area contributed by atoms with Crippen molar-refractivity contribution in [2.24, 2.45) is 0 Å². The number of carbonyl (C=O) groups is 1. The molecule has 1 rings (SSSR count). The van der Waals surface area contributed by atoms with Crippen molar-refractivity contribution in [1.82, 2.24) is 0 Å². The summed E-state index contributed by atoms with van der Waals surface area (Å²) in [6, 6.07) is 7.79. The second-order valence-electron chi connectivity index (χ2n) is 3.39. The van der Waals surface area contributed by atoms with Crippen molar-refractivity contribution in [3.63, 3.8) is 0 Å². The molecular formula is C12H15BrO. The summed E-state index contributed by atoms with van der Waals surface area (Å²) in [6.07, 6.45) is 4.60. The van der Waals surface area contributed by atoms with Gasteiger partial charge in [-0.3, -0.25) is 4.79 Å². The van der Waals surface area contributed by atoms with Gasteiger partial charge in [-0.15, -0.1) is 0 Å². The van der Waals surface area contributed by atoms with E-state index in [-0.39, 0.29) is 4.69 Å². The minimum absolute atomic E-state index is 0.00963. The lowest BCUT2D eigenvalue weighted by atomic mass is 10.0. The Bertz CT molecular complexity index is 307. The lowest BCUT2D eigenvalue weighted by Crippen LogP contribution is -1.96. The number of unbranched alkanes of at least 4 members (excludes halogenated alkanes) is 2. The topological polar surface area (TPSA) is 17.1 Å². The van der Waals surface area contributed by atoms with Gasteiger partial charge in [-0.2, -0.15) is 0 Å². The van der Waals surface area contributed by atoms with E-state index in [9.17, 15) is 4.79 Å². The summed E-state index contributed by atoms with van der Waals surface area (Å²) >= 11 is 3.00. The van der Waals surface area contributed by atoms with Crippen molar-refractivity contribution in [3.8, 4) is 0 Å². The molecule has 0 aliphatic heterocycles. The van der Waals surface area contributed by atoms with Gasteiger partial charge >= 0.3 is 0 Å². The van der Waals surface area contributed by atoms with E-state index < -0.39 is 0 Å². The number of aryl methyl sites for hydroxylation is 1.